The van der Waals surface area contributed by atoms with Gasteiger partial charge in [0.05, 0.1) is 11.9 Å². The molecule has 0 unspecified atom stereocenters. The van der Waals surface area contributed by atoms with Gasteiger partial charge in [-0.3, -0.25) is 4.72 Å². The monoisotopic (exact) mass is 330 g/mol. The summed E-state index contributed by atoms with van der Waals surface area (Å²) in [6.07, 6.45) is 1.26. The second-order valence-corrected chi connectivity index (χ2v) is 6.28. The first kappa shape index (κ1) is 15.3. The molecule has 0 aliphatic carbocycles. The summed E-state index contributed by atoms with van der Waals surface area (Å²) in [6.45, 7) is 3.05. The van der Waals surface area contributed by atoms with E-state index in [0.717, 1.165) is 6.07 Å². The fourth-order valence-electron chi connectivity index (χ4n) is 1.66. The molecule has 0 aliphatic heterocycles. The fourth-order valence-corrected chi connectivity index (χ4v) is 2.98. The highest BCUT2D eigenvalue weighted by Crippen LogP contribution is 2.24. The van der Waals surface area contributed by atoms with E-state index in [1.54, 1.807) is 6.92 Å². The number of halogens is 1. The Bertz CT molecular complexity index is 813. The number of carbonyl (C=O) groups is 1. The highest BCUT2D eigenvalue weighted by Gasteiger charge is 2.24. The molecular formula is C12H11ClN2O5S. The van der Waals surface area contributed by atoms with Crippen molar-refractivity contribution in [2.45, 2.75) is 18.7 Å². The Balaban J connectivity index is 2.38. The maximum absolute atomic E-state index is 12.2. The van der Waals surface area contributed by atoms with Gasteiger partial charge in [-0.25, -0.2) is 18.2 Å². The van der Waals surface area contributed by atoms with Crippen LogP contribution < -0.4 is 4.72 Å². The van der Waals surface area contributed by atoms with Crippen LogP contribution in [0.2, 0.25) is 5.15 Å². The molecule has 9 heteroatoms. The predicted octanol–water partition coefficient (Wildman–Crippen LogP) is 2.44. The minimum atomic E-state index is -3.98. The first-order valence-corrected chi connectivity index (χ1v) is 7.55. The van der Waals surface area contributed by atoms with Crippen LogP contribution in [0.15, 0.2) is 27.6 Å². The third-order valence-electron chi connectivity index (χ3n) is 2.64. The molecule has 0 bridgehead atoms. The Kier molecular flexibility index (Phi) is 3.93. The van der Waals surface area contributed by atoms with Crippen molar-refractivity contribution in [2.24, 2.45) is 0 Å². The lowest BCUT2D eigenvalue weighted by atomic mass is 10.3. The van der Waals surface area contributed by atoms with Crippen LogP contribution in [0.25, 0.3) is 0 Å². The van der Waals surface area contributed by atoms with Crippen LogP contribution in [0.3, 0.4) is 0 Å². The van der Waals surface area contributed by atoms with Crippen molar-refractivity contribution < 1.29 is 22.7 Å². The third kappa shape index (κ3) is 3.17. The topological polar surface area (TPSA) is 110 Å². The zero-order chi connectivity index (χ0) is 15.8. The third-order valence-corrected chi connectivity index (χ3v) is 4.52. The summed E-state index contributed by atoms with van der Waals surface area (Å²) in [5.41, 5.74) is 0.821. The molecule has 0 aliphatic rings. The Morgan fingerprint density at radius 1 is 1.38 bits per heavy atom. The van der Waals surface area contributed by atoms with Crippen LogP contribution in [0.1, 0.15) is 21.9 Å². The average Bonchev–Trinajstić information content (AvgIpc) is 2.77. The zero-order valence-corrected chi connectivity index (χ0v) is 12.6. The smallest absolute Gasteiger partial charge is 0.371 e. The number of pyridine rings is 1. The average molecular weight is 331 g/mol. The largest absolute Gasteiger partial charge is 0.475 e. The van der Waals surface area contributed by atoms with Crippen molar-refractivity contribution in [3.63, 3.8) is 0 Å². The molecule has 0 saturated carbocycles. The quantitative estimate of drug-likeness (QED) is 0.833. The van der Waals surface area contributed by atoms with E-state index in [0.29, 0.717) is 5.56 Å². The van der Waals surface area contributed by atoms with Gasteiger partial charge in [0.25, 0.3) is 10.0 Å². The molecule has 2 heterocycles. The standard InChI is InChI=1S/C12H11ClN2O5S/c1-6-3-8(5-14-11(6)13)15-21(18,19)10-4-9(12(16)17)20-7(10)2/h3-5,15H,1-2H3,(H,16,17). The van der Waals surface area contributed by atoms with Gasteiger partial charge in [0.15, 0.2) is 0 Å². The van der Waals surface area contributed by atoms with Gasteiger partial charge < -0.3 is 9.52 Å². The van der Waals surface area contributed by atoms with Crippen LogP contribution in [0, 0.1) is 13.8 Å². The Morgan fingerprint density at radius 3 is 2.57 bits per heavy atom. The van der Waals surface area contributed by atoms with E-state index in [4.69, 9.17) is 21.1 Å². The van der Waals surface area contributed by atoms with Crippen molar-refractivity contribution in [3.05, 3.63) is 40.6 Å². The van der Waals surface area contributed by atoms with Crippen molar-refractivity contribution in [1.29, 1.82) is 0 Å². The van der Waals surface area contributed by atoms with E-state index in [9.17, 15) is 13.2 Å². The highest BCUT2D eigenvalue weighted by atomic mass is 35.5. The molecule has 0 fully saturated rings. The predicted molar refractivity (Wildman–Crippen MR) is 75.2 cm³/mol. The molecule has 7 nitrogen and oxygen atoms in total. The lowest BCUT2D eigenvalue weighted by molar-refractivity contribution is 0.0661. The summed E-state index contributed by atoms with van der Waals surface area (Å²) in [6, 6.07) is 2.47. The highest BCUT2D eigenvalue weighted by molar-refractivity contribution is 7.92. The minimum Gasteiger partial charge on any atom is -0.475 e. The number of sulfonamides is 1. The van der Waals surface area contributed by atoms with Crippen LogP contribution in [-0.2, 0) is 10.0 Å². The minimum absolute atomic E-state index is 0.0152. The van der Waals surface area contributed by atoms with Gasteiger partial charge in [0, 0.05) is 6.07 Å². The van der Waals surface area contributed by atoms with Gasteiger partial charge in [-0.2, -0.15) is 0 Å². The number of furan rings is 1. The molecule has 112 valence electrons. The van der Waals surface area contributed by atoms with Crippen LogP contribution >= 0.6 is 11.6 Å². The summed E-state index contributed by atoms with van der Waals surface area (Å²) in [7, 11) is -3.98. The summed E-state index contributed by atoms with van der Waals surface area (Å²) in [4.78, 5) is 14.4. The summed E-state index contributed by atoms with van der Waals surface area (Å²) in [5, 5.41) is 9.08. The number of carboxylic acids is 1. The summed E-state index contributed by atoms with van der Waals surface area (Å²) in [5.74, 6) is -1.81. The van der Waals surface area contributed by atoms with Crippen LogP contribution in [0.4, 0.5) is 5.69 Å². The molecule has 0 radical (unpaired) electrons. The number of carboxylic acid groups (broad SMARTS) is 1. The lowest BCUT2D eigenvalue weighted by Crippen LogP contribution is -2.13. The van der Waals surface area contributed by atoms with E-state index >= 15 is 0 Å². The fraction of sp³-hybridized carbons (Fsp3) is 0.167. The second-order valence-electron chi connectivity index (χ2n) is 4.27. The number of nitrogens with one attached hydrogen (secondary N) is 1. The van der Waals surface area contributed by atoms with E-state index in [1.165, 1.54) is 19.2 Å². The molecule has 0 amide bonds. The Labute approximate surface area is 125 Å². The normalized spacial score (nSPS) is 11.4. The van der Waals surface area contributed by atoms with E-state index in [2.05, 4.69) is 9.71 Å². The Hall–Kier alpha value is -2.06. The van der Waals surface area contributed by atoms with Gasteiger partial charge in [-0.15, -0.1) is 0 Å². The zero-order valence-electron chi connectivity index (χ0n) is 11.0. The SMILES string of the molecule is Cc1cc(NS(=O)(=O)c2cc(C(=O)O)oc2C)cnc1Cl. The lowest BCUT2D eigenvalue weighted by Gasteiger charge is -2.07. The molecule has 2 N–H and O–H groups in total. The molecule has 2 rings (SSSR count). The van der Waals surface area contributed by atoms with Crippen molar-refractivity contribution in [1.82, 2.24) is 4.98 Å². The molecule has 2 aromatic heterocycles. The van der Waals surface area contributed by atoms with Gasteiger partial charge in [0.1, 0.15) is 15.8 Å². The van der Waals surface area contributed by atoms with Gasteiger partial charge in [-0.05, 0) is 25.5 Å². The number of aromatic nitrogens is 1. The number of rotatable bonds is 4. The number of anilines is 1. The molecule has 0 aromatic carbocycles. The van der Waals surface area contributed by atoms with E-state index in [1.807, 2.05) is 0 Å². The first-order chi connectivity index (χ1) is 9.70. The summed E-state index contributed by atoms with van der Waals surface area (Å²) < 4.78 is 31.6. The summed E-state index contributed by atoms with van der Waals surface area (Å²) >= 11 is 5.76. The molecule has 0 spiro atoms. The number of nitrogens with zero attached hydrogens (tertiary/aromatic N) is 1. The van der Waals surface area contributed by atoms with Gasteiger partial charge in [-0.1, -0.05) is 11.6 Å². The molecule has 21 heavy (non-hydrogen) atoms. The van der Waals surface area contributed by atoms with Gasteiger partial charge in [0.2, 0.25) is 5.76 Å². The molecule has 0 atom stereocenters. The molecule has 2 aromatic rings. The van der Waals surface area contributed by atoms with Crippen LogP contribution in [0.5, 0.6) is 0 Å². The second kappa shape index (κ2) is 5.38. The molecule has 0 saturated heterocycles. The maximum Gasteiger partial charge on any atom is 0.371 e. The van der Waals surface area contributed by atoms with E-state index in [-0.39, 0.29) is 21.5 Å². The van der Waals surface area contributed by atoms with Crippen molar-refractivity contribution in [2.75, 3.05) is 4.72 Å². The number of hydrogen-bond donors (Lipinski definition) is 2. The van der Waals surface area contributed by atoms with Crippen LogP contribution in [-0.4, -0.2) is 24.5 Å². The maximum atomic E-state index is 12.2. The number of aryl methyl sites for hydroxylation is 2. The van der Waals surface area contributed by atoms with Crippen molar-refractivity contribution >= 4 is 33.3 Å². The number of aromatic carboxylic acids is 1. The first-order valence-electron chi connectivity index (χ1n) is 5.69. The van der Waals surface area contributed by atoms with Gasteiger partial charge >= 0.3 is 5.97 Å². The van der Waals surface area contributed by atoms with Crippen molar-refractivity contribution in [3.8, 4) is 0 Å². The Morgan fingerprint density at radius 2 is 2.05 bits per heavy atom. The number of hydrogen-bond acceptors (Lipinski definition) is 5. The molecular weight excluding hydrogens is 320 g/mol. The van der Waals surface area contributed by atoms with E-state index < -0.39 is 21.8 Å².